The van der Waals surface area contributed by atoms with Crippen molar-refractivity contribution in [2.45, 2.75) is 0 Å². The Morgan fingerprint density at radius 2 is 1.92 bits per heavy atom. The maximum atomic E-state index is 12.1. The highest BCUT2D eigenvalue weighted by Crippen LogP contribution is 2.29. The molecule has 0 aliphatic heterocycles. The molecule has 2 rings (SSSR count). The second kappa shape index (κ2) is 8.20. The number of rotatable bonds is 5. The Bertz CT molecular complexity index is 765. The van der Waals surface area contributed by atoms with E-state index in [2.05, 4.69) is 27.9 Å². The molecule has 0 aliphatic rings. The van der Waals surface area contributed by atoms with Gasteiger partial charge in [-0.15, -0.1) is 0 Å². The molecule has 0 atom stereocenters. The summed E-state index contributed by atoms with van der Waals surface area (Å²) in [6.07, 6.45) is 0. The van der Waals surface area contributed by atoms with Gasteiger partial charge in [-0.05, 0) is 52.9 Å². The smallest absolute Gasteiger partial charge is 0.342 e. The van der Waals surface area contributed by atoms with Crippen LogP contribution in [0.25, 0.3) is 0 Å². The molecule has 3 N–H and O–H groups in total. The number of hydrogen-bond acceptors (Lipinski definition) is 5. The van der Waals surface area contributed by atoms with E-state index in [1.54, 1.807) is 12.1 Å². The Morgan fingerprint density at radius 1 is 1.25 bits per heavy atom. The molecular weight excluding hydrogens is 447 g/mol. The molecule has 8 heteroatoms. The van der Waals surface area contributed by atoms with Crippen molar-refractivity contribution in [3.05, 3.63) is 50.6 Å². The summed E-state index contributed by atoms with van der Waals surface area (Å²) in [6.45, 7) is -0.435. The number of nitrogen functional groups attached to an aromatic ring is 1. The molecule has 0 aromatic heterocycles. The second-order valence-corrected chi connectivity index (χ2v) is 6.36. The number of halogens is 2. The molecule has 24 heavy (non-hydrogen) atoms. The molecule has 2 aromatic rings. The first kappa shape index (κ1) is 18.3. The van der Waals surface area contributed by atoms with E-state index in [0.29, 0.717) is 5.69 Å². The number of benzene rings is 2. The standard InChI is InChI=1S/C16H14ClIN2O4/c1-23-14-7-13(19)12(17)6-11(14)16(22)24-8-15(21)20-10-4-2-9(18)3-5-10/h2-7H,8,19H2,1H3,(H,20,21). The summed E-state index contributed by atoms with van der Waals surface area (Å²) in [6, 6.07) is 9.97. The summed E-state index contributed by atoms with van der Waals surface area (Å²) in [7, 11) is 1.39. The van der Waals surface area contributed by atoms with Gasteiger partial charge in [0.15, 0.2) is 6.61 Å². The molecule has 126 valence electrons. The van der Waals surface area contributed by atoms with Crippen LogP contribution in [-0.2, 0) is 9.53 Å². The van der Waals surface area contributed by atoms with Crippen molar-refractivity contribution in [2.75, 3.05) is 24.8 Å². The van der Waals surface area contributed by atoms with Crippen molar-refractivity contribution in [2.24, 2.45) is 0 Å². The second-order valence-electron chi connectivity index (χ2n) is 4.71. The van der Waals surface area contributed by atoms with E-state index >= 15 is 0 Å². The molecule has 0 saturated heterocycles. The normalized spacial score (nSPS) is 10.1. The number of esters is 1. The zero-order valence-corrected chi connectivity index (χ0v) is 15.6. The molecule has 1 amide bonds. The first-order valence-electron chi connectivity index (χ1n) is 6.76. The van der Waals surface area contributed by atoms with Crippen molar-refractivity contribution in [3.8, 4) is 5.75 Å². The van der Waals surface area contributed by atoms with Crippen LogP contribution in [-0.4, -0.2) is 25.6 Å². The van der Waals surface area contributed by atoms with E-state index in [9.17, 15) is 9.59 Å². The molecule has 0 fully saturated rings. The number of carbonyl (C=O) groups is 2. The summed E-state index contributed by atoms with van der Waals surface area (Å²) in [5.41, 5.74) is 6.65. The van der Waals surface area contributed by atoms with Gasteiger partial charge in [-0.25, -0.2) is 4.79 Å². The molecule has 0 saturated carbocycles. The van der Waals surface area contributed by atoms with Crippen LogP contribution >= 0.6 is 34.2 Å². The highest BCUT2D eigenvalue weighted by molar-refractivity contribution is 14.1. The van der Waals surface area contributed by atoms with Crippen molar-refractivity contribution < 1.29 is 19.1 Å². The molecular formula is C16H14ClIN2O4. The third-order valence-corrected chi connectivity index (χ3v) is 4.05. The predicted molar refractivity (Wildman–Crippen MR) is 100 cm³/mol. The fourth-order valence-corrected chi connectivity index (χ4v) is 2.36. The zero-order chi connectivity index (χ0) is 17.7. The molecule has 0 heterocycles. The lowest BCUT2D eigenvalue weighted by atomic mass is 10.2. The van der Waals surface area contributed by atoms with Gasteiger partial charge in [0.05, 0.1) is 17.8 Å². The molecule has 0 aliphatic carbocycles. The number of ether oxygens (including phenoxy) is 2. The number of carbonyl (C=O) groups excluding carboxylic acids is 2. The van der Waals surface area contributed by atoms with Crippen LogP contribution < -0.4 is 15.8 Å². The third kappa shape index (κ3) is 4.75. The summed E-state index contributed by atoms with van der Waals surface area (Å²) in [5.74, 6) is -0.962. The van der Waals surface area contributed by atoms with Crippen molar-refractivity contribution in [1.29, 1.82) is 0 Å². The summed E-state index contributed by atoms with van der Waals surface area (Å²) < 4.78 is 11.1. The van der Waals surface area contributed by atoms with Gasteiger partial charge in [-0.1, -0.05) is 11.6 Å². The number of anilines is 2. The van der Waals surface area contributed by atoms with Gasteiger partial charge in [0.2, 0.25) is 0 Å². The topological polar surface area (TPSA) is 90.7 Å². The number of hydrogen-bond donors (Lipinski definition) is 2. The molecule has 2 aromatic carbocycles. The Labute approximate surface area is 157 Å². The minimum Gasteiger partial charge on any atom is -0.496 e. The van der Waals surface area contributed by atoms with E-state index in [0.717, 1.165) is 3.57 Å². The Hall–Kier alpha value is -2.00. The van der Waals surface area contributed by atoms with Gasteiger partial charge in [-0.2, -0.15) is 0 Å². The van der Waals surface area contributed by atoms with Gasteiger partial charge >= 0.3 is 5.97 Å². The monoisotopic (exact) mass is 460 g/mol. The average Bonchev–Trinajstić information content (AvgIpc) is 2.56. The van der Waals surface area contributed by atoms with Crippen LogP contribution in [0, 0.1) is 3.57 Å². The largest absolute Gasteiger partial charge is 0.496 e. The number of nitrogens with one attached hydrogen (secondary N) is 1. The van der Waals surface area contributed by atoms with Gasteiger partial charge in [0, 0.05) is 15.3 Å². The average molecular weight is 461 g/mol. The zero-order valence-electron chi connectivity index (χ0n) is 12.6. The van der Waals surface area contributed by atoms with Crippen LogP contribution in [0.15, 0.2) is 36.4 Å². The van der Waals surface area contributed by atoms with Crippen LogP contribution in [0.2, 0.25) is 5.02 Å². The lowest BCUT2D eigenvalue weighted by Gasteiger charge is -2.11. The lowest BCUT2D eigenvalue weighted by Crippen LogP contribution is -2.21. The SMILES string of the molecule is COc1cc(N)c(Cl)cc1C(=O)OCC(=O)Nc1ccc(I)cc1. The van der Waals surface area contributed by atoms with Crippen molar-refractivity contribution >= 4 is 57.4 Å². The predicted octanol–water partition coefficient (Wildman–Crippen LogP) is 3.33. The van der Waals surface area contributed by atoms with Gasteiger partial charge in [0.25, 0.3) is 5.91 Å². The van der Waals surface area contributed by atoms with E-state index in [4.69, 9.17) is 26.8 Å². The Morgan fingerprint density at radius 3 is 2.54 bits per heavy atom. The first-order chi connectivity index (χ1) is 11.4. The van der Waals surface area contributed by atoms with E-state index in [1.807, 2.05) is 12.1 Å². The summed E-state index contributed by atoms with van der Waals surface area (Å²) in [4.78, 5) is 23.9. The Kier molecular flexibility index (Phi) is 6.27. The fourth-order valence-electron chi connectivity index (χ4n) is 1.84. The van der Waals surface area contributed by atoms with Crippen LogP contribution in [0.1, 0.15) is 10.4 Å². The number of amides is 1. The van der Waals surface area contributed by atoms with Gasteiger partial charge in [-0.3, -0.25) is 4.79 Å². The molecule has 0 radical (unpaired) electrons. The molecule has 0 unspecified atom stereocenters. The Balaban J connectivity index is 1.99. The maximum Gasteiger partial charge on any atom is 0.342 e. The van der Waals surface area contributed by atoms with E-state index < -0.39 is 18.5 Å². The molecule has 0 spiro atoms. The summed E-state index contributed by atoms with van der Waals surface area (Å²) in [5, 5.41) is 2.83. The number of methoxy groups -OCH3 is 1. The quantitative estimate of drug-likeness (QED) is 0.406. The van der Waals surface area contributed by atoms with Crippen molar-refractivity contribution in [1.82, 2.24) is 0 Å². The minimum absolute atomic E-state index is 0.0961. The lowest BCUT2D eigenvalue weighted by molar-refractivity contribution is -0.119. The van der Waals surface area contributed by atoms with Crippen LogP contribution in [0.4, 0.5) is 11.4 Å². The highest BCUT2D eigenvalue weighted by Gasteiger charge is 2.17. The van der Waals surface area contributed by atoms with Crippen LogP contribution in [0.3, 0.4) is 0 Å². The molecule has 6 nitrogen and oxygen atoms in total. The fraction of sp³-hybridized carbons (Fsp3) is 0.125. The van der Waals surface area contributed by atoms with Crippen molar-refractivity contribution in [3.63, 3.8) is 0 Å². The first-order valence-corrected chi connectivity index (χ1v) is 8.22. The minimum atomic E-state index is -0.730. The summed E-state index contributed by atoms with van der Waals surface area (Å²) >= 11 is 8.06. The maximum absolute atomic E-state index is 12.1. The van der Waals surface area contributed by atoms with Crippen LogP contribution in [0.5, 0.6) is 5.75 Å². The molecule has 0 bridgehead atoms. The van der Waals surface area contributed by atoms with Gasteiger partial charge < -0.3 is 20.5 Å². The number of nitrogens with two attached hydrogens (primary N) is 1. The van der Waals surface area contributed by atoms with E-state index in [-0.39, 0.29) is 22.0 Å². The highest BCUT2D eigenvalue weighted by atomic mass is 127. The van der Waals surface area contributed by atoms with Gasteiger partial charge in [0.1, 0.15) is 11.3 Å². The van der Waals surface area contributed by atoms with E-state index in [1.165, 1.54) is 19.2 Å². The third-order valence-electron chi connectivity index (χ3n) is 3.00.